The lowest BCUT2D eigenvalue weighted by molar-refractivity contribution is 0.0687. The average molecular weight is 299 g/mol. The molecule has 0 atom stereocenters. The van der Waals surface area contributed by atoms with Crippen LogP contribution in [-0.2, 0) is 0 Å². The molecule has 1 heterocycles. The highest BCUT2D eigenvalue weighted by atomic mass is 35.5. The molecule has 6 heteroatoms. The number of benzene rings is 1. The quantitative estimate of drug-likeness (QED) is 0.932. The number of rotatable bonds is 3. The standard InChI is InChI=1S/C13H12Cl2N2O2/c1-7(2)9-6-11(13(18)19)17(16-9)10-5-3-4-8(14)12(10)15/h3-7H,1-2H3,(H,18,19). The minimum atomic E-state index is -1.06. The van der Waals surface area contributed by atoms with E-state index in [1.807, 2.05) is 13.8 Å². The second-order valence-electron chi connectivity index (χ2n) is 4.40. The van der Waals surface area contributed by atoms with Gasteiger partial charge in [-0.15, -0.1) is 0 Å². The highest BCUT2D eigenvalue weighted by Gasteiger charge is 2.19. The van der Waals surface area contributed by atoms with Gasteiger partial charge in [0.05, 0.1) is 21.4 Å². The number of aromatic carboxylic acids is 1. The van der Waals surface area contributed by atoms with Crippen molar-refractivity contribution in [3.63, 3.8) is 0 Å². The first-order chi connectivity index (χ1) is 8.91. The number of hydrogen-bond donors (Lipinski definition) is 1. The summed E-state index contributed by atoms with van der Waals surface area (Å²) < 4.78 is 1.31. The van der Waals surface area contributed by atoms with Gasteiger partial charge in [-0.2, -0.15) is 5.10 Å². The van der Waals surface area contributed by atoms with Crippen LogP contribution < -0.4 is 0 Å². The third kappa shape index (κ3) is 2.60. The number of hydrogen-bond acceptors (Lipinski definition) is 2. The molecule has 0 saturated carbocycles. The van der Waals surface area contributed by atoms with E-state index in [-0.39, 0.29) is 16.6 Å². The number of carbonyl (C=O) groups is 1. The van der Waals surface area contributed by atoms with Gasteiger partial charge in [0.15, 0.2) is 5.69 Å². The summed E-state index contributed by atoms with van der Waals surface area (Å²) in [6.45, 7) is 3.88. The van der Waals surface area contributed by atoms with Gasteiger partial charge in [-0.05, 0) is 24.1 Å². The minimum Gasteiger partial charge on any atom is -0.477 e. The van der Waals surface area contributed by atoms with Crippen molar-refractivity contribution >= 4 is 29.2 Å². The maximum absolute atomic E-state index is 11.3. The molecular weight excluding hydrogens is 287 g/mol. The van der Waals surface area contributed by atoms with Crippen molar-refractivity contribution in [2.24, 2.45) is 0 Å². The molecule has 0 saturated heterocycles. The predicted octanol–water partition coefficient (Wildman–Crippen LogP) is 4.00. The Balaban J connectivity index is 2.67. The molecule has 4 nitrogen and oxygen atoms in total. The maximum Gasteiger partial charge on any atom is 0.354 e. The van der Waals surface area contributed by atoms with Gasteiger partial charge in [0.2, 0.25) is 0 Å². The van der Waals surface area contributed by atoms with Gasteiger partial charge in [-0.25, -0.2) is 9.48 Å². The van der Waals surface area contributed by atoms with Gasteiger partial charge in [-0.3, -0.25) is 0 Å². The van der Waals surface area contributed by atoms with Crippen molar-refractivity contribution < 1.29 is 9.90 Å². The summed E-state index contributed by atoms with van der Waals surface area (Å²) in [5.74, 6) is -0.937. The zero-order valence-corrected chi connectivity index (χ0v) is 11.9. The van der Waals surface area contributed by atoms with E-state index in [1.54, 1.807) is 24.3 Å². The summed E-state index contributed by atoms with van der Waals surface area (Å²) in [7, 11) is 0. The van der Waals surface area contributed by atoms with Gasteiger partial charge in [-0.1, -0.05) is 43.1 Å². The van der Waals surface area contributed by atoms with Crippen molar-refractivity contribution in [1.29, 1.82) is 0 Å². The lowest BCUT2D eigenvalue weighted by Crippen LogP contribution is -2.08. The molecule has 0 spiro atoms. The Morgan fingerprint density at radius 3 is 2.63 bits per heavy atom. The van der Waals surface area contributed by atoms with Gasteiger partial charge in [0.1, 0.15) is 0 Å². The normalized spacial score (nSPS) is 11.0. The molecule has 0 fully saturated rings. The predicted molar refractivity (Wildman–Crippen MR) is 74.6 cm³/mol. The SMILES string of the molecule is CC(C)c1cc(C(=O)O)n(-c2cccc(Cl)c2Cl)n1. The lowest BCUT2D eigenvalue weighted by atomic mass is 10.1. The van der Waals surface area contributed by atoms with Gasteiger partial charge in [0.25, 0.3) is 0 Å². The summed E-state index contributed by atoms with van der Waals surface area (Å²) in [6.07, 6.45) is 0. The Bertz CT molecular complexity index is 636. The number of aromatic nitrogens is 2. The van der Waals surface area contributed by atoms with Crippen LogP contribution >= 0.6 is 23.2 Å². The fraction of sp³-hybridized carbons (Fsp3) is 0.231. The van der Waals surface area contributed by atoms with Crippen molar-refractivity contribution in [1.82, 2.24) is 9.78 Å². The molecule has 0 aliphatic rings. The third-order valence-electron chi connectivity index (χ3n) is 2.70. The molecule has 2 aromatic rings. The highest BCUT2D eigenvalue weighted by Crippen LogP contribution is 2.29. The molecule has 0 amide bonds. The van der Waals surface area contributed by atoms with Crippen molar-refractivity contribution in [3.05, 3.63) is 45.7 Å². The van der Waals surface area contributed by atoms with E-state index in [2.05, 4.69) is 5.10 Å². The van der Waals surface area contributed by atoms with Crippen LogP contribution in [0.1, 0.15) is 35.9 Å². The van der Waals surface area contributed by atoms with E-state index in [0.717, 1.165) is 0 Å². The molecule has 1 N–H and O–H groups in total. The minimum absolute atomic E-state index is 0.0628. The van der Waals surface area contributed by atoms with Crippen LogP contribution in [-0.4, -0.2) is 20.9 Å². The third-order valence-corrected chi connectivity index (χ3v) is 3.51. The molecule has 0 radical (unpaired) electrons. The Morgan fingerprint density at radius 1 is 1.37 bits per heavy atom. The van der Waals surface area contributed by atoms with Crippen molar-refractivity contribution in [3.8, 4) is 5.69 Å². The fourth-order valence-electron chi connectivity index (χ4n) is 1.67. The van der Waals surface area contributed by atoms with Crippen LogP contribution in [0.2, 0.25) is 10.0 Å². The van der Waals surface area contributed by atoms with Crippen LogP contribution in [0.15, 0.2) is 24.3 Å². The van der Waals surface area contributed by atoms with E-state index < -0.39 is 5.97 Å². The lowest BCUT2D eigenvalue weighted by Gasteiger charge is -2.08. The molecule has 0 bridgehead atoms. The smallest absolute Gasteiger partial charge is 0.354 e. The second-order valence-corrected chi connectivity index (χ2v) is 5.18. The van der Waals surface area contributed by atoms with E-state index in [9.17, 15) is 9.90 Å². The van der Waals surface area contributed by atoms with Gasteiger partial charge >= 0.3 is 5.97 Å². The molecule has 0 unspecified atom stereocenters. The van der Waals surface area contributed by atoms with Crippen molar-refractivity contribution in [2.45, 2.75) is 19.8 Å². The molecule has 19 heavy (non-hydrogen) atoms. The van der Waals surface area contributed by atoms with E-state index in [0.29, 0.717) is 16.4 Å². The van der Waals surface area contributed by atoms with E-state index in [4.69, 9.17) is 23.2 Å². The average Bonchev–Trinajstić information content (AvgIpc) is 2.77. The molecule has 0 aliphatic heterocycles. The monoisotopic (exact) mass is 298 g/mol. The Labute approximate surface area is 120 Å². The highest BCUT2D eigenvalue weighted by molar-refractivity contribution is 6.43. The van der Waals surface area contributed by atoms with Crippen LogP contribution in [0.3, 0.4) is 0 Å². The van der Waals surface area contributed by atoms with Crippen molar-refractivity contribution in [2.75, 3.05) is 0 Å². The van der Waals surface area contributed by atoms with Crippen LogP contribution in [0.4, 0.5) is 0 Å². The number of nitrogens with zero attached hydrogens (tertiary/aromatic N) is 2. The molecule has 0 aliphatic carbocycles. The molecule has 100 valence electrons. The largest absolute Gasteiger partial charge is 0.477 e. The van der Waals surface area contributed by atoms with Gasteiger partial charge in [0, 0.05) is 0 Å². The van der Waals surface area contributed by atoms with Crippen LogP contribution in [0.5, 0.6) is 0 Å². The van der Waals surface area contributed by atoms with E-state index >= 15 is 0 Å². The number of halogens is 2. The van der Waals surface area contributed by atoms with Gasteiger partial charge < -0.3 is 5.11 Å². The maximum atomic E-state index is 11.3. The first-order valence-corrected chi connectivity index (χ1v) is 6.45. The molecule has 2 rings (SSSR count). The number of carboxylic acids is 1. The first kappa shape index (κ1) is 13.9. The molecular formula is C13H12Cl2N2O2. The number of carboxylic acid groups (broad SMARTS) is 1. The van der Waals surface area contributed by atoms with Crippen LogP contribution in [0.25, 0.3) is 5.69 Å². The summed E-state index contributed by atoms with van der Waals surface area (Å²) in [5, 5.41) is 14.2. The van der Waals surface area contributed by atoms with E-state index in [1.165, 1.54) is 4.68 Å². The summed E-state index contributed by atoms with van der Waals surface area (Å²) in [4.78, 5) is 11.3. The summed E-state index contributed by atoms with van der Waals surface area (Å²) in [6, 6.07) is 6.56. The second kappa shape index (κ2) is 5.23. The molecule has 1 aromatic heterocycles. The Hall–Kier alpha value is -1.52. The fourth-order valence-corrected chi connectivity index (χ4v) is 2.05. The molecule has 1 aromatic carbocycles. The first-order valence-electron chi connectivity index (χ1n) is 5.69. The summed E-state index contributed by atoms with van der Waals surface area (Å²) >= 11 is 12.1. The Morgan fingerprint density at radius 2 is 2.05 bits per heavy atom. The van der Waals surface area contributed by atoms with Crippen LogP contribution in [0, 0.1) is 0 Å². The summed E-state index contributed by atoms with van der Waals surface area (Å²) in [5.41, 5.74) is 1.21. The zero-order chi connectivity index (χ0) is 14.2. The Kier molecular flexibility index (Phi) is 3.83. The zero-order valence-electron chi connectivity index (χ0n) is 10.4. The topological polar surface area (TPSA) is 55.1 Å².